The van der Waals surface area contributed by atoms with E-state index in [1.54, 1.807) is 5.01 Å². The molecule has 0 spiro atoms. The molecule has 2 aromatic carbocycles. The maximum absolute atomic E-state index is 9.10. The summed E-state index contributed by atoms with van der Waals surface area (Å²) in [5.41, 5.74) is 6.80. The van der Waals surface area contributed by atoms with Gasteiger partial charge in [-0.3, -0.25) is 5.01 Å². The molecule has 174 valence electrons. The van der Waals surface area contributed by atoms with Gasteiger partial charge in [0.25, 0.3) is 0 Å². The van der Waals surface area contributed by atoms with Gasteiger partial charge in [-0.2, -0.15) is 10.4 Å². The second kappa shape index (κ2) is 8.86. The van der Waals surface area contributed by atoms with Gasteiger partial charge in [0.15, 0.2) is 5.84 Å². The van der Waals surface area contributed by atoms with Crippen LogP contribution in [0, 0.1) is 17.2 Å². The molecule has 1 unspecified atom stereocenters. The van der Waals surface area contributed by atoms with Crippen LogP contribution in [0.25, 0.3) is 11.1 Å². The van der Waals surface area contributed by atoms with E-state index < -0.39 is 0 Å². The Hall–Kier alpha value is -3.80. The maximum Gasteiger partial charge on any atom is 0.190 e. The molecule has 1 fully saturated rings. The Kier molecular flexibility index (Phi) is 5.74. The Morgan fingerprint density at radius 3 is 2.62 bits per heavy atom. The molecule has 0 radical (unpaired) electrons. The number of fused-ring (bicyclic) bond motifs is 2. The fourth-order valence-corrected chi connectivity index (χ4v) is 5.14. The Balaban J connectivity index is 1.48. The largest absolute Gasteiger partial charge is 0.371 e. The highest BCUT2D eigenvalue weighted by Crippen LogP contribution is 2.34. The lowest BCUT2D eigenvalue weighted by molar-refractivity contribution is 0.340. The van der Waals surface area contributed by atoms with Gasteiger partial charge in [-0.25, -0.2) is 5.84 Å². The quantitative estimate of drug-likeness (QED) is 0.464. The monoisotopic (exact) mass is 454 g/mol. The van der Waals surface area contributed by atoms with Crippen molar-refractivity contribution in [1.29, 1.82) is 5.26 Å². The van der Waals surface area contributed by atoms with Crippen LogP contribution in [0.5, 0.6) is 0 Å². The maximum atomic E-state index is 9.10. The van der Waals surface area contributed by atoms with E-state index in [1.807, 2.05) is 30.3 Å². The lowest BCUT2D eigenvalue weighted by Gasteiger charge is -2.23. The highest BCUT2D eigenvalue weighted by Gasteiger charge is 2.27. The second-order valence-corrected chi connectivity index (χ2v) is 9.43. The molecule has 0 bridgehead atoms. The van der Waals surface area contributed by atoms with E-state index in [-0.39, 0.29) is 0 Å². The van der Waals surface area contributed by atoms with Gasteiger partial charge in [0, 0.05) is 43.6 Å². The summed E-state index contributed by atoms with van der Waals surface area (Å²) in [7, 11) is 4.27. The molecule has 2 aliphatic rings. The average molecular weight is 455 g/mol. The number of hydrazine groups is 1. The van der Waals surface area contributed by atoms with Gasteiger partial charge >= 0.3 is 0 Å². The van der Waals surface area contributed by atoms with E-state index in [9.17, 15) is 0 Å². The van der Waals surface area contributed by atoms with E-state index in [0.29, 0.717) is 23.9 Å². The number of benzene rings is 2. The summed E-state index contributed by atoms with van der Waals surface area (Å²) in [6.07, 6.45) is 3.30. The summed E-state index contributed by atoms with van der Waals surface area (Å²) in [5, 5.41) is 14.7. The van der Waals surface area contributed by atoms with Crippen LogP contribution in [0.15, 0.2) is 59.8 Å². The molecule has 0 amide bonds. The number of rotatable bonds is 4. The third kappa shape index (κ3) is 4.00. The first-order valence-corrected chi connectivity index (χ1v) is 11.5. The van der Waals surface area contributed by atoms with Crippen LogP contribution in [0.4, 0.5) is 11.4 Å². The molecule has 4 N–H and O–H groups in total. The van der Waals surface area contributed by atoms with Crippen LogP contribution in [-0.2, 0) is 6.54 Å². The van der Waals surface area contributed by atoms with Crippen molar-refractivity contribution < 1.29 is 0 Å². The Morgan fingerprint density at radius 2 is 1.91 bits per heavy atom. The molecular formula is C26H30N8. The molecule has 8 heteroatoms. The number of hydrazone groups is 1. The standard InChI is InChI=1S/C26H30N8/c1-31(2)14-19-9-10-32(15-19)23-7-8-24-22(11-23)17-33-16-21(12-25(33)26(30-28)34(24)29)20-5-3-18(13-27)4-6-20/h3-8,11-12,16,19H,9-10,14-15,17,28-29H2,1-2H3/b30-26-. The summed E-state index contributed by atoms with van der Waals surface area (Å²) in [6, 6.07) is 18.2. The Bertz CT molecular complexity index is 1260. The normalized spacial score (nSPS) is 18.7. The number of nitriles is 1. The molecular weight excluding hydrogens is 424 g/mol. The number of hydrogen-bond acceptors (Lipinski definition) is 6. The third-order valence-electron chi connectivity index (χ3n) is 6.76. The van der Waals surface area contributed by atoms with Crippen molar-refractivity contribution in [3.8, 4) is 17.2 Å². The van der Waals surface area contributed by atoms with Gasteiger partial charge in [-0.1, -0.05) is 12.1 Å². The first kappa shape index (κ1) is 22.0. The van der Waals surface area contributed by atoms with E-state index in [4.69, 9.17) is 16.9 Å². The number of amidine groups is 1. The zero-order valence-electron chi connectivity index (χ0n) is 19.6. The van der Waals surface area contributed by atoms with Gasteiger partial charge < -0.3 is 20.2 Å². The molecule has 3 heterocycles. The molecule has 0 saturated carbocycles. The number of aromatic nitrogens is 1. The smallest absolute Gasteiger partial charge is 0.190 e. The van der Waals surface area contributed by atoms with Crippen LogP contribution in [-0.4, -0.2) is 49.0 Å². The molecule has 3 aromatic rings. The number of nitrogens with zero attached hydrogens (tertiary/aromatic N) is 6. The molecule has 1 aromatic heterocycles. The zero-order valence-corrected chi connectivity index (χ0v) is 19.6. The second-order valence-electron chi connectivity index (χ2n) is 9.43. The molecule has 0 aliphatic carbocycles. The predicted molar refractivity (Wildman–Crippen MR) is 136 cm³/mol. The fourth-order valence-electron chi connectivity index (χ4n) is 5.14. The van der Waals surface area contributed by atoms with Crippen LogP contribution in [0.3, 0.4) is 0 Å². The first-order chi connectivity index (χ1) is 16.5. The van der Waals surface area contributed by atoms with Crippen LogP contribution in [0.2, 0.25) is 0 Å². The highest BCUT2D eigenvalue weighted by atomic mass is 15.5. The lowest BCUT2D eigenvalue weighted by atomic mass is 10.1. The van der Waals surface area contributed by atoms with Gasteiger partial charge in [0.05, 0.1) is 23.0 Å². The summed E-state index contributed by atoms with van der Waals surface area (Å²) in [5.74, 6) is 13.5. The lowest BCUT2D eigenvalue weighted by Crippen LogP contribution is -2.39. The molecule has 1 atom stereocenters. The number of anilines is 2. The Morgan fingerprint density at radius 1 is 1.12 bits per heavy atom. The summed E-state index contributed by atoms with van der Waals surface area (Å²) >= 11 is 0. The van der Waals surface area contributed by atoms with Crippen LogP contribution < -0.4 is 21.6 Å². The topological polar surface area (TPSA) is 103 Å². The Labute approximate surface area is 200 Å². The van der Waals surface area contributed by atoms with Crippen LogP contribution >= 0.6 is 0 Å². The van der Waals surface area contributed by atoms with E-state index in [1.165, 1.54) is 12.1 Å². The number of nitrogens with two attached hydrogens (primary N) is 2. The molecule has 8 nitrogen and oxygen atoms in total. The van der Waals surface area contributed by atoms with Crippen molar-refractivity contribution >= 4 is 17.2 Å². The minimum absolute atomic E-state index is 0.513. The zero-order chi connectivity index (χ0) is 23.8. The minimum Gasteiger partial charge on any atom is -0.371 e. The van der Waals surface area contributed by atoms with Crippen molar-refractivity contribution in [2.45, 2.75) is 13.0 Å². The van der Waals surface area contributed by atoms with Crippen molar-refractivity contribution in [2.75, 3.05) is 43.6 Å². The van der Waals surface area contributed by atoms with Gasteiger partial charge in [0.1, 0.15) is 0 Å². The predicted octanol–water partition coefficient (Wildman–Crippen LogP) is 2.78. The van der Waals surface area contributed by atoms with E-state index in [0.717, 1.165) is 47.7 Å². The molecule has 5 rings (SSSR count). The molecule has 2 aliphatic heterocycles. The van der Waals surface area contributed by atoms with Crippen molar-refractivity contribution in [2.24, 2.45) is 22.7 Å². The highest BCUT2D eigenvalue weighted by molar-refractivity contribution is 6.09. The van der Waals surface area contributed by atoms with E-state index >= 15 is 0 Å². The van der Waals surface area contributed by atoms with Crippen LogP contribution in [0.1, 0.15) is 23.2 Å². The van der Waals surface area contributed by atoms with Crippen molar-refractivity contribution in [3.63, 3.8) is 0 Å². The first-order valence-electron chi connectivity index (χ1n) is 11.5. The SMILES string of the molecule is CN(C)CC1CCN(c2ccc3c(c2)Cn2cc(-c4ccc(C#N)cc4)cc2/C(=N/N)N3N)C1. The third-order valence-corrected chi connectivity index (χ3v) is 6.76. The number of hydrogen-bond donors (Lipinski definition) is 2. The molecule has 34 heavy (non-hydrogen) atoms. The van der Waals surface area contributed by atoms with Crippen molar-refractivity contribution in [1.82, 2.24) is 9.47 Å². The summed E-state index contributed by atoms with van der Waals surface area (Å²) in [4.78, 5) is 4.74. The summed E-state index contributed by atoms with van der Waals surface area (Å²) < 4.78 is 2.15. The van der Waals surface area contributed by atoms with Gasteiger partial charge in [0.2, 0.25) is 0 Å². The van der Waals surface area contributed by atoms with E-state index in [2.05, 4.69) is 64.0 Å². The summed E-state index contributed by atoms with van der Waals surface area (Å²) in [6.45, 7) is 3.91. The van der Waals surface area contributed by atoms with Gasteiger partial charge in [-0.15, -0.1) is 0 Å². The van der Waals surface area contributed by atoms with Crippen molar-refractivity contribution in [3.05, 3.63) is 71.5 Å². The molecule has 1 saturated heterocycles. The average Bonchev–Trinajstić information content (AvgIpc) is 3.44. The minimum atomic E-state index is 0.513. The fraction of sp³-hybridized carbons (Fsp3) is 0.308. The van der Waals surface area contributed by atoms with Gasteiger partial charge in [-0.05, 0) is 74.0 Å².